The number of rotatable bonds is 5. The topological polar surface area (TPSA) is 87.6 Å². The smallest absolute Gasteiger partial charge is 0.260 e. The van der Waals surface area contributed by atoms with Gasteiger partial charge in [-0.2, -0.15) is 0 Å². The molecule has 7 nitrogen and oxygen atoms in total. The maximum Gasteiger partial charge on any atom is 0.260 e. The number of H-pyrrole nitrogens is 1. The highest BCUT2D eigenvalue weighted by molar-refractivity contribution is 5.93. The molecule has 0 unspecified atom stereocenters. The van der Waals surface area contributed by atoms with E-state index in [0.29, 0.717) is 19.8 Å². The molecule has 1 saturated heterocycles. The molecule has 2 N–H and O–H groups in total. The Morgan fingerprint density at radius 2 is 2.12 bits per heavy atom. The van der Waals surface area contributed by atoms with Gasteiger partial charge in [0.05, 0.1) is 19.3 Å². The quantitative estimate of drug-likeness (QED) is 0.856. The second kappa shape index (κ2) is 7.46. The van der Waals surface area contributed by atoms with Crippen LogP contribution in [-0.2, 0) is 4.74 Å². The molecule has 0 radical (unpaired) electrons. The molecule has 128 valence electrons. The summed E-state index contributed by atoms with van der Waals surface area (Å²) in [4.78, 5) is 28.7. The summed E-state index contributed by atoms with van der Waals surface area (Å²) >= 11 is 0. The van der Waals surface area contributed by atoms with Crippen LogP contribution < -0.4 is 10.9 Å². The minimum Gasteiger partial charge on any atom is -0.465 e. The van der Waals surface area contributed by atoms with E-state index in [0.717, 1.165) is 24.6 Å². The minimum atomic E-state index is -0.397. The number of hydrogen-bond acceptors (Lipinski definition) is 5. The van der Waals surface area contributed by atoms with Crippen molar-refractivity contribution >= 4 is 5.91 Å². The van der Waals surface area contributed by atoms with Crippen molar-refractivity contribution in [2.45, 2.75) is 13.0 Å². The molecular formula is C17H21N3O4. The number of pyridine rings is 1. The van der Waals surface area contributed by atoms with E-state index >= 15 is 0 Å². The largest absolute Gasteiger partial charge is 0.465 e. The Morgan fingerprint density at radius 1 is 1.33 bits per heavy atom. The fourth-order valence-electron chi connectivity index (χ4n) is 2.82. The Morgan fingerprint density at radius 3 is 2.79 bits per heavy atom. The van der Waals surface area contributed by atoms with Crippen LogP contribution in [0.1, 0.15) is 27.9 Å². The molecule has 1 atom stereocenters. The molecule has 0 aliphatic carbocycles. The van der Waals surface area contributed by atoms with Crippen molar-refractivity contribution in [2.75, 3.05) is 32.8 Å². The monoisotopic (exact) mass is 331 g/mol. The van der Waals surface area contributed by atoms with Crippen LogP contribution in [0.2, 0.25) is 0 Å². The lowest BCUT2D eigenvalue weighted by molar-refractivity contribution is 0.0117. The SMILES string of the molecule is Cc1ccc([C@H](CNC(=O)c2ccc[nH]c2=O)N2CCOCC2)o1. The molecule has 1 aliphatic rings. The normalized spacial score (nSPS) is 16.7. The van der Waals surface area contributed by atoms with E-state index in [9.17, 15) is 9.59 Å². The van der Waals surface area contributed by atoms with Crippen LogP contribution in [0.25, 0.3) is 0 Å². The zero-order valence-electron chi connectivity index (χ0n) is 13.6. The third kappa shape index (κ3) is 3.74. The standard InChI is InChI=1S/C17H21N3O4/c1-12-4-5-15(24-12)14(20-7-9-23-10-8-20)11-19-17(22)13-3-2-6-18-16(13)21/h2-6,14H,7-11H2,1H3,(H,18,21)(H,19,22)/t14-/m0/s1. The summed E-state index contributed by atoms with van der Waals surface area (Å²) in [7, 11) is 0. The maximum absolute atomic E-state index is 12.3. The van der Waals surface area contributed by atoms with Gasteiger partial charge in [-0.1, -0.05) is 0 Å². The van der Waals surface area contributed by atoms with Crippen molar-refractivity contribution in [3.05, 3.63) is 57.9 Å². The van der Waals surface area contributed by atoms with Crippen LogP contribution in [0.4, 0.5) is 0 Å². The van der Waals surface area contributed by atoms with Gasteiger partial charge in [0.25, 0.3) is 11.5 Å². The minimum absolute atomic E-state index is 0.0886. The molecular weight excluding hydrogens is 310 g/mol. The Balaban J connectivity index is 1.73. The van der Waals surface area contributed by atoms with E-state index in [-0.39, 0.29) is 11.6 Å². The van der Waals surface area contributed by atoms with E-state index in [4.69, 9.17) is 9.15 Å². The van der Waals surface area contributed by atoms with Gasteiger partial charge in [0.15, 0.2) is 0 Å². The summed E-state index contributed by atoms with van der Waals surface area (Å²) in [5.74, 6) is 1.24. The zero-order chi connectivity index (χ0) is 16.9. The fraction of sp³-hybridized carbons (Fsp3) is 0.412. The molecule has 1 amide bonds. The Hall–Kier alpha value is -2.38. The summed E-state index contributed by atoms with van der Waals surface area (Å²) in [5.41, 5.74) is -0.291. The van der Waals surface area contributed by atoms with Gasteiger partial charge >= 0.3 is 0 Å². The summed E-state index contributed by atoms with van der Waals surface area (Å²) in [6, 6.07) is 6.89. The molecule has 0 saturated carbocycles. The van der Waals surface area contributed by atoms with Gasteiger partial charge in [0, 0.05) is 25.8 Å². The number of hydrogen-bond donors (Lipinski definition) is 2. The zero-order valence-corrected chi connectivity index (χ0v) is 13.6. The lowest BCUT2D eigenvalue weighted by Gasteiger charge is -2.33. The molecule has 3 rings (SSSR count). The van der Waals surface area contributed by atoms with Gasteiger partial charge in [-0.05, 0) is 31.2 Å². The molecule has 0 aromatic carbocycles. The van der Waals surface area contributed by atoms with Crippen molar-refractivity contribution in [2.24, 2.45) is 0 Å². The average Bonchev–Trinajstić information content (AvgIpc) is 3.02. The predicted molar refractivity (Wildman–Crippen MR) is 88.0 cm³/mol. The van der Waals surface area contributed by atoms with Crippen LogP contribution in [-0.4, -0.2) is 48.6 Å². The molecule has 0 bridgehead atoms. The number of morpholine rings is 1. The van der Waals surface area contributed by atoms with Gasteiger partial charge in [-0.25, -0.2) is 0 Å². The van der Waals surface area contributed by atoms with E-state index in [1.807, 2.05) is 19.1 Å². The summed E-state index contributed by atoms with van der Waals surface area (Å²) < 4.78 is 11.2. The fourth-order valence-corrected chi connectivity index (χ4v) is 2.82. The number of carbonyl (C=O) groups is 1. The van der Waals surface area contributed by atoms with Gasteiger partial charge in [-0.3, -0.25) is 14.5 Å². The van der Waals surface area contributed by atoms with Gasteiger partial charge in [0.2, 0.25) is 0 Å². The molecule has 2 aromatic rings. The van der Waals surface area contributed by atoms with Crippen LogP contribution in [0, 0.1) is 6.92 Å². The second-order valence-electron chi connectivity index (χ2n) is 5.74. The van der Waals surface area contributed by atoms with Crippen LogP contribution in [0.15, 0.2) is 39.7 Å². The molecule has 1 fully saturated rings. The molecule has 0 spiro atoms. The van der Waals surface area contributed by atoms with E-state index in [1.54, 1.807) is 6.07 Å². The molecule has 3 heterocycles. The number of nitrogens with one attached hydrogen (secondary N) is 2. The highest BCUT2D eigenvalue weighted by atomic mass is 16.5. The number of ether oxygens (including phenoxy) is 1. The predicted octanol–water partition coefficient (Wildman–Crippen LogP) is 1.08. The van der Waals surface area contributed by atoms with Gasteiger partial charge < -0.3 is 19.5 Å². The second-order valence-corrected chi connectivity index (χ2v) is 5.74. The Kier molecular flexibility index (Phi) is 5.12. The Bertz CT molecular complexity index is 746. The number of nitrogens with zero attached hydrogens (tertiary/aromatic N) is 1. The summed E-state index contributed by atoms with van der Waals surface area (Å²) in [5, 5.41) is 2.84. The average molecular weight is 331 g/mol. The van der Waals surface area contributed by atoms with Crippen molar-refractivity contribution in [3.63, 3.8) is 0 Å². The number of carbonyl (C=O) groups excluding carboxylic acids is 1. The molecule has 2 aromatic heterocycles. The third-order valence-corrected chi connectivity index (χ3v) is 4.09. The number of aromatic nitrogens is 1. The van der Waals surface area contributed by atoms with Crippen molar-refractivity contribution in [1.29, 1.82) is 0 Å². The van der Waals surface area contributed by atoms with E-state index in [2.05, 4.69) is 15.2 Å². The maximum atomic E-state index is 12.3. The number of furan rings is 1. The number of amides is 1. The van der Waals surface area contributed by atoms with Crippen molar-refractivity contribution in [3.8, 4) is 0 Å². The first-order valence-electron chi connectivity index (χ1n) is 7.99. The highest BCUT2D eigenvalue weighted by Crippen LogP contribution is 2.23. The molecule has 1 aliphatic heterocycles. The van der Waals surface area contributed by atoms with Crippen LogP contribution in [0.3, 0.4) is 0 Å². The Labute approximate surface area is 139 Å². The van der Waals surface area contributed by atoms with E-state index < -0.39 is 11.5 Å². The first-order chi connectivity index (χ1) is 11.6. The molecule has 24 heavy (non-hydrogen) atoms. The van der Waals surface area contributed by atoms with Gasteiger partial charge in [-0.15, -0.1) is 0 Å². The third-order valence-electron chi connectivity index (χ3n) is 4.09. The van der Waals surface area contributed by atoms with Crippen molar-refractivity contribution in [1.82, 2.24) is 15.2 Å². The summed E-state index contributed by atoms with van der Waals surface area (Å²) in [6.45, 7) is 5.10. The number of aryl methyl sites for hydroxylation is 1. The van der Waals surface area contributed by atoms with Crippen LogP contribution >= 0.6 is 0 Å². The van der Waals surface area contributed by atoms with E-state index in [1.165, 1.54) is 12.3 Å². The highest BCUT2D eigenvalue weighted by Gasteiger charge is 2.26. The van der Waals surface area contributed by atoms with Crippen molar-refractivity contribution < 1.29 is 13.9 Å². The first-order valence-corrected chi connectivity index (χ1v) is 7.99. The lowest BCUT2D eigenvalue weighted by Crippen LogP contribution is -2.44. The number of aromatic amines is 1. The van der Waals surface area contributed by atoms with Gasteiger partial charge in [0.1, 0.15) is 17.1 Å². The van der Waals surface area contributed by atoms with Crippen LogP contribution in [0.5, 0.6) is 0 Å². The lowest BCUT2D eigenvalue weighted by atomic mass is 10.1. The summed E-state index contributed by atoms with van der Waals surface area (Å²) in [6.07, 6.45) is 1.50. The molecule has 7 heteroatoms. The first kappa shape index (κ1) is 16.5.